The van der Waals surface area contributed by atoms with Crippen LogP contribution in [0.2, 0.25) is 0 Å². The third-order valence-electron chi connectivity index (χ3n) is 6.86. The Bertz CT molecular complexity index is 1470. The second-order valence-electron chi connectivity index (χ2n) is 9.27. The normalized spacial score (nSPS) is 15.7. The van der Waals surface area contributed by atoms with E-state index >= 15 is 0 Å². The summed E-state index contributed by atoms with van der Waals surface area (Å²) in [5.41, 5.74) is 7.45. The maximum atomic E-state index is 12.8. The highest BCUT2D eigenvalue weighted by Gasteiger charge is 2.25. The first-order valence-electron chi connectivity index (χ1n) is 11.7. The molecule has 0 unspecified atom stereocenters. The molecule has 6 rings (SSSR count). The zero-order valence-corrected chi connectivity index (χ0v) is 19.7. The van der Waals surface area contributed by atoms with Crippen LogP contribution in [0.15, 0.2) is 35.5 Å². The molecule has 1 saturated carbocycles. The van der Waals surface area contributed by atoms with Crippen molar-refractivity contribution in [2.24, 2.45) is 0 Å². The summed E-state index contributed by atoms with van der Waals surface area (Å²) in [6.45, 7) is 5.82. The van der Waals surface area contributed by atoms with E-state index in [0.717, 1.165) is 46.7 Å². The van der Waals surface area contributed by atoms with E-state index in [1.165, 1.54) is 29.0 Å². The van der Waals surface area contributed by atoms with E-state index in [1.54, 1.807) is 7.11 Å². The van der Waals surface area contributed by atoms with Crippen molar-refractivity contribution in [3.63, 3.8) is 0 Å². The first-order valence-corrected chi connectivity index (χ1v) is 11.7. The van der Waals surface area contributed by atoms with Gasteiger partial charge in [0.25, 0.3) is 5.56 Å². The van der Waals surface area contributed by atoms with Crippen LogP contribution < -0.4 is 10.5 Å². The van der Waals surface area contributed by atoms with Gasteiger partial charge in [0.2, 0.25) is 0 Å². The second kappa shape index (κ2) is 8.02. The Morgan fingerprint density at radius 3 is 2.76 bits per heavy atom. The molecule has 0 aromatic carbocycles. The molecular weight excluding hydrogens is 430 g/mol. The summed E-state index contributed by atoms with van der Waals surface area (Å²) in [7, 11) is 1.59. The summed E-state index contributed by atoms with van der Waals surface area (Å²) in [4.78, 5) is 24.4. The predicted molar refractivity (Wildman–Crippen MR) is 128 cm³/mol. The smallest absolute Gasteiger partial charge is 0.274 e. The van der Waals surface area contributed by atoms with Crippen molar-refractivity contribution in [1.29, 1.82) is 0 Å². The summed E-state index contributed by atoms with van der Waals surface area (Å²) in [6.07, 6.45) is 9.25. The molecule has 1 fully saturated rings. The molecule has 4 aromatic rings. The molecule has 0 N–H and O–H groups in total. The van der Waals surface area contributed by atoms with Crippen molar-refractivity contribution < 1.29 is 4.74 Å². The number of pyridine rings is 1. The third kappa shape index (κ3) is 3.56. The van der Waals surface area contributed by atoms with Gasteiger partial charge >= 0.3 is 0 Å². The number of methoxy groups -OCH3 is 1. The Hall–Kier alpha value is -3.59. The van der Waals surface area contributed by atoms with E-state index in [9.17, 15) is 4.79 Å². The van der Waals surface area contributed by atoms with E-state index < -0.39 is 0 Å². The standard InChI is InChI=1S/C25H27N7O2/c1-15-16(2)25(29-32-23(33)9-20(14-34-3)28-24(15)32)30-7-6-22-18(12-30)8-17(10-26-22)19-11-27-31(13-19)21-4-5-21/h8-11,13,21H,4-7,12,14H2,1-3H3. The highest BCUT2D eigenvalue weighted by atomic mass is 16.5. The van der Waals surface area contributed by atoms with Gasteiger partial charge in [0, 0.05) is 73.0 Å². The van der Waals surface area contributed by atoms with Crippen LogP contribution in [-0.4, -0.2) is 43.0 Å². The fourth-order valence-corrected chi connectivity index (χ4v) is 4.68. The van der Waals surface area contributed by atoms with E-state index in [4.69, 9.17) is 14.8 Å². The van der Waals surface area contributed by atoms with Crippen molar-refractivity contribution in [2.45, 2.75) is 52.3 Å². The molecule has 0 amide bonds. The van der Waals surface area contributed by atoms with Gasteiger partial charge in [-0.05, 0) is 38.3 Å². The van der Waals surface area contributed by atoms with E-state index in [0.29, 0.717) is 30.5 Å². The highest BCUT2D eigenvalue weighted by Crippen LogP contribution is 2.35. The third-order valence-corrected chi connectivity index (χ3v) is 6.86. The molecule has 2 aliphatic rings. The van der Waals surface area contributed by atoms with Crippen LogP contribution in [-0.2, 0) is 24.3 Å². The second-order valence-corrected chi connectivity index (χ2v) is 9.27. The molecule has 9 heteroatoms. The molecule has 1 aliphatic heterocycles. The Kier molecular flexibility index (Phi) is 4.95. The van der Waals surface area contributed by atoms with E-state index in [-0.39, 0.29) is 5.56 Å². The molecule has 4 aromatic heterocycles. The fourth-order valence-electron chi connectivity index (χ4n) is 4.68. The van der Waals surface area contributed by atoms with Gasteiger partial charge in [-0.2, -0.15) is 9.61 Å². The molecule has 9 nitrogen and oxygen atoms in total. The van der Waals surface area contributed by atoms with Crippen LogP contribution >= 0.6 is 0 Å². The lowest BCUT2D eigenvalue weighted by Crippen LogP contribution is -2.34. The summed E-state index contributed by atoms with van der Waals surface area (Å²) < 4.78 is 8.64. The zero-order chi connectivity index (χ0) is 23.4. The van der Waals surface area contributed by atoms with Gasteiger partial charge in [-0.25, -0.2) is 4.98 Å². The SMILES string of the molecule is COCc1cc(=O)n2nc(N3CCc4ncc(-c5cnn(C6CC6)c5)cc4C3)c(C)c(C)c2n1. The number of hydrogen-bond donors (Lipinski definition) is 0. The average Bonchev–Trinajstić information content (AvgIpc) is 3.57. The van der Waals surface area contributed by atoms with Crippen LogP contribution in [0, 0.1) is 13.8 Å². The van der Waals surface area contributed by atoms with Crippen molar-refractivity contribution in [1.82, 2.24) is 29.4 Å². The van der Waals surface area contributed by atoms with Crippen LogP contribution in [0.1, 0.15) is 47.0 Å². The zero-order valence-electron chi connectivity index (χ0n) is 19.7. The summed E-state index contributed by atoms with van der Waals surface area (Å²) in [5, 5.41) is 9.26. The summed E-state index contributed by atoms with van der Waals surface area (Å²) in [5.74, 6) is 0.811. The molecule has 5 heterocycles. The first-order chi connectivity index (χ1) is 16.5. The van der Waals surface area contributed by atoms with E-state index in [1.807, 2.05) is 26.2 Å². The van der Waals surface area contributed by atoms with Crippen LogP contribution in [0.3, 0.4) is 0 Å². The Balaban J connectivity index is 1.35. The summed E-state index contributed by atoms with van der Waals surface area (Å²) in [6, 6.07) is 4.27. The minimum atomic E-state index is -0.199. The maximum absolute atomic E-state index is 12.8. The largest absolute Gasteiger partial charge is 0.378 e. The Labute approximate surface area is 197 Å². The lowest BCUT2D eigenvalue weighted by molar-refractivity contribution is 0.181. The molecule has 0 spiro atoms. The topological polar surface area (TPSA) is 90.4 Å². The molecule has 34 heavy (non-hydrogen) atoms. The summed E-state index contributed by atoms with van der Waals surface area (Å²) >= 11 is 0. The Morgan fingerprint density at radius 2 is 1.97 bits per heavy atom. The van der Waals surface area contributed by atoms with Crippen molar-refractivity contribution in [3.05, 3.63) is 69.2 Å². The number of fused-ring (bicyclic) bond motifs is 2. The Morgan fingerprint density at radius 1 is 1.12 bits per heavy atom. The number of hydrogen-bond acceptors (Lipinski definition) is 7. The fraction of sp³-hybridized carbons (Fsp3) is 0.400. The van der Waals surface area contributed by atoms with Crippen molar-refractivity contribution >= 4 is 11.5 Å². The van der Waals surface area contributed by atoms with Gasteiger partial charge in [-0.1, -0.05) is 0 Å². The molecule has 0 radical (unpaired) electrons. The number of ether oxygens (including phenoxy) is 1. The van der Waals surface area contributed by atoms with Crippen LogP contribution in [0.4, 0.5) is 5.82 Å². The molecular formula is C25H27N7O2. The van der Waals surface area contributed by atoms with E-state index in [2.05, 4.69) is 31.9 Å². The van der Waals surface area contributed by atoms with Crippen molar-refractivity contribution in [3.8, 4) is 11.1 Å². The van der Waals surface area contributed by atoms with Gasteiger partial charge in [-0.15, -0.1) is 5.10 Å². The van der Waals surface area contributed by atoms with Crippen LogP contribution in [0.5, 0.6) is 0 Å². The average molecular weight is 458 g/mol. The molecule has 0 bridgehead atoms. The lowest BCUT2D eigenvalue weighted by Gasteiger charge is -2.31. The van der Waals surface area contributed by atoms with Crippen LogP contribution in [0.25, 0.3) is 16.8 Å². The number of rotatable bonds is 5. The molecule has 1 aliphatic carbocycles. The van der Waals surface area contributed by atoms with Gasteiger partial charge in [0.1, 0.15) is 0 Å². The molecule has 174 valence electrons. The van der Waals surface area contributed by atoms with Gasteiger partial charge in [-0.3, -0.25) is 14.5 Å². The number of nitrogens with zero attached hydrogens (tertiary/aromatic N) is 7. The van der Waals surface area contributed by atoms with Gasteiger partial charge in [0.05, 0.1) is 24.5 Å². The number of aromatic nitrogens is 6. The quantitative estimate of drug-likeness (QED) is 0.455. The van der Waals surface area contributed by atoms with Gasteiger partial charge in [0.15, 0.2) is 11.5 Å². The molecule has 0 atom stereocenters. The highest BCUT2D eigenvalue weighted by molar-refractivity contribution is 5.64. The minimum absolute atomic E-state index is 0.199. The lowest BCUT2D eigenvalue weighted by atomic mass is 10.0. The minimum Gasteiger partial charge on any atom is -0.378 e. The first kappa shape index (κ1) is 21.0. The molecule has 0 saturated heterocycles. The van der Waals surface area contributed by atoms with Crippen molar-refractivity contribution in [2.75, 3.05) is 18.6 Å². The predicted octanol–water partition coefficient (Wildman–Crippen LogP) is 3.01. The van der Waals surface area contributed by atoms with Gasteiger partial charge < -0.3 is 9.64 Å². The number of anilines is 1. The maximum Gasteiger partial charge on any atom is 0.274 e. The number of aryl methyl sites for hydroxylation is 1. The monoisotopic (exact) mass is 457 g/mol.